The van der Waals surface area contributed by atoms with E-state index in [2.05, 4.69) is 5.09 Å². The van der Waals surface area contributed by atoms with Crippen molar-refractivity contribution in [2.45, 2.75) is 25.4 Å². The van der Waals surface area contributed by atoms with Crippen molar-refractivity contribution in [2.24, 2.45) is 0 Å². The average molecular weight is 304 g/mol. The van der Waals surface area contributed by atoms with Crippen molar-refractivity contribution in [3.8, 4) is 5.75 Å². The van der Waals surface area contributed by atoms with Crippen molar-refractivity contribution in [2.75, 3.05) is 6.54 Å². The predicted octanol–water partition coefficient (Wildman–Crippen LogP) is 3.10. The molecule has 19 heavy (non-hydrogen) atoms. The number of ether oxygens (including phenoxy) is 1. The molecule has 1 aromatic rings. The van der Waals surface area contributed by atoms with Crippen molar-refractivity contribution >= 4 is 24.1 Å². The third kappa shape index (κ3) is 5.64. The second-order valence-electron chi connectivity index (χ2n) is 4.23. The Bertz CT molecular complexity index is 478. The molecule has 0 spiro atoms. The van der Waals surface area contributed by atoms with E-state index in [0.717, 1.165) is 12.8 Å². The van der Waals surface area contributed by atoms with E-state index in [1.165, 1.54) is 0 Å². The molecule has 0 saturated heterocycles. The molecule has 0 aromatic heterocycles. The van der Waals surface area contributed by atoms with E-state index in [9.17, 15) is 9.36 Å². The van der Waals surface area contributed by atoms with Gasteiger partial charge in [-0.25, -0.2) is 9.65 Å². The summed E-state index contributed by atoms with van der Waals surface area (Å²) in [6.07, 6.45) is 2.07. The van der Waals surface area contributed by atoms with Crippen LogP contribution in [0.1, 0.15) is 19.3 Å². The molecular formula is C12H15ClNO4P. The number of carbonyl (C=O) groups is 1. The summed E-state index contributed by atoms with van der Waals surface area (Å²) < 4.78 is 22.1. The van der Waals surface area contributed by atoms with Crippen LogP contribution in [0.4, 0.5) is 0 Å². The van der Waals surface area contributed by atoms with Gasteiger partial charge in [0.05, 0.1) is 6.42 Å². The highest BCUT2D eigenvalue weighted by molar-refractivity contribution is 7.84. The maximum Gasteiger partial charge on any atom is 0.409 e. The van der Waals surface area contributed by atoms with Gasteiger partial charge >= 0.3 is 12.8 Å². The Labute approximate surface area is 116 Å². The summed E-state index contributed by atoms with van der Waals surface area (Å²) in [6.45, 7) is -3.32. The van der Waals surface area contributed by atoms with Gasteiger partial charge in [-0.2, -0.15) is 0 Å². The van der Waals surface area contributed by atoms with Gasteiger partial charge in [0.15, 0.2) is 0 Å². The molecule has 7 heteroatoms. The van der Waals surface area contributed by atoms with Crippen molar-refractivity contribution in [1.29, 1.82) is 0 Å². The molecule has 1 fully saturated rings. The SMILES string of the molecule is O=C(CCN[P@@](=O)(Cl)Oc1ccccc1)OC1CC1. The van der Waals surface area contributed by atoms with Crippen LogP contribution in [-0.4, -0.2) is 18.6 Å². The Morgan fingerprint density at radius 2 is 2.05 bits per heavy atom. The van der Waals surface area contributed by atoms with Crippen LogP contribution in [-0.2, 0) is 14.1 Å². The number of para-hydroxylation sites is 1. The minimum atomic E-state index is -3.47. The average Bonchev–Trinajstić information content (AvgIpc) is 3.13. The summed E-state index contributed by atoms with van der Waals surface area (Å²) in [5, 5.41) is 2.53. The number of benzene rings is 1. The first-order chi connectivity index (χ1) is 9.05. The molecule has 5 nitrogen and oxygen atoms in total. The topological polar surface area (TPSA) is 64.6 Å². The second-order valence-corrected chi connectivity index (χ2v) is 7.02. The second kappa shape index (κ2) is 6.42. The van der Waals surface area contributed by atoms with Crippen molar-refractivity contribution < 1.29 is 18.6 Å². The summed E-state index contributed by atoms with van der Waals surface area (Å²) in [7, 11) is 0. The third-order valence-corrected chi connectivity index (χ3v) is 4.03. The Morgan fingerprint density at radius 1 is 1.37 bits per heavy atom. The van der Waals surface area contributed by atoms with Crippen LogP contribution >= 0.6 is 18.1 Å². The minimum absolute atomic E-state index is 0.0795. The van der Waals surface area contributed by atoms with Gasteiger partial charge in [-0.3, -0.25) is 4.79 Å². The van der Waals surface area contributed by atoms with Crippen LogP contribution in [0.2, 0.25) is 0 Å². The molecule has 1 N–H and O–H groups in total. The molecule has 0 bridgehead atoms. The Morgan fingerprint density at radius 3 is 2.68 bits per heavy atom. The van der Waals surface area contributed by atoms with E-state index >= 15 is 0 Å². The number of halogens is 1. The zero-order valence-corrected chi connectivity index (χ0v) is 11.9. The van der Waals surface area contributed by atoms with Gasteiger partial charge in [0.25, 0.3) is 0 Å². The molecule has 2 rings (SSSR count). The lowest BCUT2D eigenvalue weighted by atomic mass is 10.3. The first kappa shape index (κ1) is 14.4. The fraction of sp³-hybridized carbons (Fsp3) is 0.417. The maximum absolute atomic E-state index is 11.9. The Balaban J connectivity index is 1.71. The summed E-state index contributed by atoms with van der Waals surface area (Å²) in [4.78, 5) is 11.3. The zero-order chi connectivity index (χ0) is 13.7. The molecule has 0 unspecified atom stereocenters. The van der Waals surface area contributed by atoms with Crippen LogP contribution in [0.3, 0.4) is 0 Å². The Kier molecular flexibility index (Phi) is 4.86. The number of carbonyl (C=O) groups excluding carboxylic acids is 1. The van der Waals surface area contributed by atoms with Gasteiger partial charge in [-0.15, -0.1) is 0 Å². The van der Waals surface area contributed by atoms with Gasteiger partial charge in [-0.1, -0.05) is 18.2 Å². The highest BCUT2D eigenvalue weighted by atomic mass is 35.7. The molecule has 0 radical (unpaired) electrons. The first-order valence-electron chi connectivity index (χ1n) is 6.04. The summed E-state index contributed by atoms with van der Waals surface area (Å²) in [5.74, 6) is 0.0975. The molecule has 0 aliphatic heterocycles. The lowest BCUT2D eigenvalue weighted by Crippen LogP contribution is -2.17. The van der Waals surface area contributed by atoms with E-state index in [0.29, 0.717) is 5.75 Å². The van der Waals surface area contributed by atoms with Crippen molar-refractivity contribution in [1.82, 2.24) is 5.09 Å². The standard InChI is InChI=1S/C12H15ClNO4P/c13-19(16,18-11-4-2-1-3-5-11)14-9-8-12(15)17-10-6-7-10/h1-5,10H,6-9H2,(H,14,16)/t19-/m1/s1. The smallest absolute Gasteiger partial charge is 0.409 e. The zero-order valence-electron chi connectivity index (χ0n) is 10.3. The normalized spacial score (nSPS) is 17.5. The van der Waals surface area contributed by atoms with E-state index in [1.54, 1.807) is 24.3 Å². The van der Waals surface area contributed by atoms with Crippen LogP contribution in [0.25, 0.3) is 0 Å². The highest BCUT2D eigenvalue weighted by Crippen LogP contribution is 2.47. The lowest BCUT2D eigenvalue weighted by Gasteiger charge is -2.13. The quantitative estimate of drug-likeness (QED) is 0.619. The Hall–Kier alpha value is -1.03. The van der Waals surface area contributed by atoms with E-state index in [4.69, 9.17) is 20.5 Å². The monoisotopic (exact) mass is 303 g/mol. The van der Waals surface area contributed by atoms with Crippen LogP contribution in [0.15, 0.2) is 30.3 Å². The number of esters is 1. The molecule has 1 aliphatic rings. The first-order valence-corrected chi connectivity index (χ1v) is 8.57. The molecule has 1 atom stereocenters. The van der Waals surface area contributed by atoms with E-state index < -0.39 is 6.87 Å². The number of nitrogens with one attached hydrogen (secondary N) is 1. The number of rotatable bonds is 7. The van der Waals surface area contributed by atoms with Crippen molar-refractivity contribution in [3.63, 3.8) is 0 Å². The minimum Gasteiger partial charge on any atom is -0.462 e. The van der Waals surface area contributed by atoms with Gasteiger partial charge in [0, 0.05) is 17.8 Å². The largest absolute Gasteiger partial charge is 0.462 e. The molecule has 1 saturated carbocycles. The maximum atomic E-state index is 11.9. The van der Waals surface area contributed by atoms with Gasteiger partial charge < -0.3 is 9.26 Å². The molecule has 0 heterocycles. The summed E-state index contributed by atoms with van der Waals surface area (Å²) >= 11 is 5.74. The van der Waals surface area contributed by atoms with Crippen molar-refractivity contribution in [3.05, 3.63) is 30.3 Å². The summed E-state index contributed by atoms with van der Waals surface area (Å²) in [5.41, 5.74) is 0. The number of hydrogen-bond donors (Lipinski definition) is 1. The van der Waals surface area contributed by atoms with E-state index in [-0.39, 0.29) is 25.0 Å². The molecule has 104 valence electrons. The van der Waals surface area contributed by atoms with Crippen LogP contribution in [0.5, 0.6) is 5.75 Å². The lowest BCUT2D eigenvalue weighted by molar-refractivity contribution is -0.144. The van der Waals surface area contributed by atoms with Gasteiger partial charge in [0.2, 0.25) is 0 Å². The fourth-order valence-corrected chi connectivity index (χ4v) is 2.70. The summed E-state index contributed by atoms with van der Waals surface area (Å²) in [6, 6.07) is 8.61. The van der Waals surface area contributed by atoms with Gasteiger partial charge in [0.1, 0.15) is 11.9 Å². The molecule has 1 aliphatic carbocycles. The predicted molar refractivity (Wildman–Crippen MR) is 72.3 cm³/mol. The van der Waals surface area contributed by atoms with Gasteiger partial charge in [-0.05, 0) is 25.0 Å². The molecule has 0 amide bonds. The highest BCUT2D eigenvalue weighted by Gasteiger charge is 2.26. The molecule has 1 aromatic carbocycles. The van der Waals surface area contributed by atoms with Crippen LogP contribution in [0, 0.1) is 0 Å². The third-order valence-electron chi connectivity index (χ3n) is 2.42. The fourth-order valence-electron chi connectivity index (χ4n) is 1.37. The number of hydrogen-bond acceptors (Lipinski definition) is 4. The van der Waals surface area contributed by atoms with Crippen LogP contribution < -0.4 is 9.61 Å². The molecular weight excluding hydrogens is 289 g/mol. The van der Waals surface area contributed by atoms with E-state index in [1.807, 2.05) is 6.07 Å².